The van der Waals surface area contributed by atoms with Crippen LogP contribution in [0.4, 0.5) is 20.3 Å². The molecule has 1 aromatic heterocycles. The smallest absolute Gasteiger partial charge is 0.256 e. The maximum absolute atomic E-state index is 13.5. The lowest BCUT2D eigenvalue weighted by Gasteiger charge is -2.09. The van der Waals surface area contributed by atoms with Gasteiger partial charge in [-0.15, -0.1) is 0 Å². The van der Waals surface area contributed by atoms with Crippen molar-refractivity contribution in [1.82, 2.24) is 4.98 Å². The fourth-order valence-corrected chi connectivity index (χ4v) is 1.68. The fraction of sp³-hybridized carbons (Fsp3) is 0.0769. The average Bonchev–Trinajstić information content (AvgIpc) is 2.42. The van der Waals surface area contributed by atoms with Crippen molar-refractivity contribution in [2.45, 2.75) is 6.92 Å². The van der Waals surface area contributed by atoms with E-state index in [4.69, 9.17) is 5.84 Å². The molecule has 0 bridgehead atoms. The molecule has 1 amide bonds. The first-order valence-electron chi connectivity index (χ1n) is 5.72. The van der Waals surface area contributed by atoms with Gasteiger partial charge in [-0.1, -0.05) is 6.07 Å². The van der Waals surface area contributed by atoms with E-state index in [0.717, 1.165) is 12.1 Å². The molecule has 0 saturated heterocycles. The third-order valence-electron chi connectivity index (χ3n) is 2.56. The van der Waals surface area contributed by atoms with Gasteiger partial charge < -0.3 is 10.7 Å². The molecule has 104 valence electrons. The highest BCUT2D eigenvalue weighted by molar-refractivity contribution is 6.04. The number of nitrogens with one attached hydrogen (secondary N) is 2. The Kier molecular flexibility index (Phi) is 3.90. The Morgan fingerprint density at radius 3 is 2.50 bits per heavy atom. The van der Waals surface area contributed by atoms with Gasteiger partial charge in [0.1, 0.15) is 23.1 Å². The Morgan fingerprint density at radius 2 is 1.90 bits per heavy atom. The minimum absolute atomic E-state index is 0.188. The van der Waals surface area contributed by atoms with Gasteiger partial charge in [0.15, 0.2) is 0 Å². The molecule has 4 N–H and O–H groups in total. The maximum Gasteiger partial charge on any atom is 0.256 e. The number of nitrogens with zero attached hydrogens (tertiary/aromatic N) is 1. The fourth-order valence-electron chi connectivity index (χ4n) is 1.68. The van der Waals surface area contributed by atoms with Gasteiger partial charge >= 0.3 is 0 Å². The SMILES string of the molecule is Cc1cc(C(=O)Nc2c(F)cccc2F)cc(NN)n1. The summed E-state index contributed by atoms with van der Waals surface area (Å²) in [5, 5.41) is 2.19. The molecule has 0 aliphatic heterocycles. The molecule has 0 radical (unpaired) electrons. The van der Waals surface area contributed by atoms with E-state index in [1.165, 1.54) is 18.2 Å². The van der Waals surface area contributed by atoms with Crippen LogP contribution in [-0.4, -0.2) is 10.9 Å². The molecule has 5 nitrogen and oxygen atoms in total. The van der Waals surface area contributed by atoms with Crippen molar-refractivity contribution in [3.05, 3.63) is 53.2 Å². The summed E-state index contributed by atoms with van der Waals surface area (Å²) < 4.78 is 26.9. The van der Waals surface area contributed by atoms with Crippen molar-refractivity contribution in [3.8, 4) is 0 Å². The minimum atomic E-state index is -0.846. The van der Waals surface area contributed by atoms with Crippen molar-refractivity contribution < 1.29 is 13.6 Å². The molecule has 1 aromatic carbocycles. The number of hydrogen-bond acceptors (Lipinski definition) is 4. The number of rotatable bonds is 3. The number of amides is 1. The van der Waals surface area contributed by atoms with Gasteiger partial charge in [0.2, 0.25) is 0 Å². The van der Waals surface area contributed by atoms with E-state index in [9.17, 15) is 13.6 Å². The largest absolute Gasteiger partial charge is 0.317 e. The topological polar surface area (TPSA) is 80.0 Å². The van der Waals surface area contributed by atoms with E-state index in [1.54, 1.807) is 6.92 Å². The van der Waals surface area contributed by atoms with Crippen LogP contribution < -0.4 is 16.6 Å². The summed E-state index contributed by atoms with van der Waals surface area (Å²) in [6.45, 7) is 1.67. The van der Waals surface area contributed by atoms with Crippen LogP contribution in [0.15, 0.2) is 30.3 Å². The second-order valence-corrected chi connectivity index (χ2v) is 4.08. The van der Waals surface area contributed by atoms with Crippen LogP contribution >= 0.6 is 0 Å². The summed E-state index contributed by atoms with van der Waals surface area (Å²) in [6.07, 6.45) is 0. The highest BCUT2D eigenvalue weighted by atomic mass is 19.1. The second-order valence-electron chi connectivity index (χ2n) is 4.08. The second kappa shape index (κ2) is 5.62. The Balaban J connectivity index is 2.31. The molecule has 0 aliphatic rings. The average molecular weight is 278 g/mol. The molecule has 7 heteroatoms. The Labute approximate surface area is 113 Å². The van der Waals surface area contributed by atoms with E-state index in [1.807, 2.05) is 0 Å². The van der Waals surface area contributed by atoms with Crippen molar-refractivity contribution in [3.63, 3.8) is 0 Å². The Morgan fingerprint density at radius 1 is 1.25 bits per heavy atom. The molecule has 1 heterocycles. The van der Waals surface area contributed by atoms with Gasteiger partial charge in [-0.3, -0.25) is 4.79 Å². The number of halogens is 2. The number of aryl methyl sites for hydroxylation is 1. The van der Waals surface area contributed by atoms with E-state index >= 15 is 0 Å². The summed E-state index contributed by atoms with van der Waals surface area (Å²) in [7, 11) is 0. The molecule has 20 heavy (non-hydrogen) atoms. The van der Waals surface area contributed by atoms with Gasteiger partial charge in [-0.05, 0) is 31.2 Å². The Bertz CT molecular complexity index is 641. The van der Waals surface area contributed by atoms with Crippen LogP contribution in [-0.2, 0) is 0 Å². The van der Waals surface area contributed by atoms with E-state index in [0.29, 0.717) is 5.69 Å². The monoisotopic (exact) mass is 278 g/mol. The van der Waals surface area contributed by atoms with Crippen molar-refractivity contribution >= 4 is 17.4 Å². The molecule has 0 fully saturated rings. The van der Waals surface area contributed by atoms with Crippen molar-refractivity contribution in [2.75, 3.05) is 10.7 Å². The number of aromatic nitrogens is 1. The summed E-state index contributed by atoms with van der Waals surface area (Å²) in [6, 6.07) is 6.19. The molecule has 0 saturated carbocycles. The lowest BCUT2D eigenvalue weighted by atomic mass is 10.2. The quantitative estimate of drug-likeness (QED) is 0.594. The number of hydrazine groups is 1. The molecule has 0 unspecified atom stereocenters. The zero-order chi connectivity index (χ0) is 14.7. The number of pyridine rings is 1. The van der Waals surface area contributed by atoms with Gasteiger partial charge in [-0.25, -0.2) is 19.6 Å². The number of carbonyl (C=O) groups is 1. The maximum atomic E-state index is 13.5. The molecular weight excluding hydrogens is 266 g/mol. The van der Waals surface area contributed by atoms with Gasteiger partial charge in [0.05, 0.1) is 0 Å². The van der Waals surface area contributed by atoms with Crippen LogP contribution in [0.1, 0.15) is 16.1 Å². The first-order valence-corrected chi connectivity index (χ1v) is 5.72. The number of anilines is 2. The van der Waals surface area contributed by atoms with Crippen LogP contribution in [0.2, 0.25) is 0 Å². The highest BCUT2D eigenvalue weighted by Gasteiger charge is 2.14. The third-order valence-corrected chi connectivity index (χ3v) is 2.56. The highest BCUT2D eigenvalue weighted by Crippen LogP contribution is 2.19. The van der Waals surface area contributed by atoms with Crippen LogP contribution in [0.5, 0.6) is 0 Å². The minimum Gasteiger partial charge on any atom is -0.317 e. The van der Waals surface area contributed by atoms with Crippen LogP contribution in [0.3, 0.4) is 0 Å². The first kappa shape index (κ1) is 13.9. The van der Waals surface area contributed by atoms with Crippen molar-refractivity contribution in [2.24, 2.45) is 5.84 Å². The zero-order valence-corrected chi connectivity index (χ0v) is 10.6. The molecule has 0 atom stereocenters. The summed E-state index contributed by atoms with van der Waals surface area (Å²) >= 11 is 0. The van der Waals surface area contributed by atoms with Gasteiger partial charge in [0.25, 0.3) is 5.91 Å². The van der Waals surface area contributed by atoms with Crippen LogP contribution in [0.25, 0.3) is 0 Å². The predicted octanol–water partition coefficient (Wildman–Crippen LogP) is 2.21. The zero-order valence-electron chi connectivity index (χ0n) is 10.6. The number of benzene rings is 1. The summed E-state index contributed by atoms with van der Waals surface area (Å²) in [5.74, 6) is 3.16. The number of carbonyl (C=O) groups excluding carboxylic acids is 1. The number of nitrogen functional groups attached to an aromatic ring is 1. The van der Waals surface area contributed by atoms with Crippen LogP contribution in [0, 0.1) is 18.6 Å². The van der Waals surface area contributed by atoms with Crippen molar-refractivity contribution in [1.29, 1.82) is 0 Å². The van der Waals surface area contributed by atoms with Gasteiger partial charge in [0, 0.05) is 11.3 Å². The lowest BCUT2D eigenvalue weighted by Crippen LogP contribution is -2.16. The van der Waals surface area contributed by atoms with E-state index in [2.05, 4.69) is 15.7 Å². The normalized spacial score (nSPS) is 10.2. The lowest BCUT2D eigenvalue weighted by molar-refractivity contribution is 0.102. The summed E-state index contributed by atoms with van der Waals surface area (Å²) in [5.41, 5.74) is 2.55. The Hall–Kier alpha value is -2.54. The number of nitrogens with two attached hydrogens (primary N) is 1. The molecule has 2 aromatic rings. The number of hydrogen-bond donors (Lipinski definition) is 3. The predicted molar refractivity (Wildman–Crippen MR) is 71.1 cm³/mol. The van der Waals surface area contributed by atoms with Gasteiger partial charge in [-0.2, -0.15) is 0 Å². The van der Waals surface area contributed by atoms with E-state index < -0.39 is 23.2 Å². The number of para-hydroxylation sites is 1. The molecule has 2 rings (SSSR count). The summed E-state index contributed by atoms with van der Waals surface area (Å²) in [4.78, 5) is 16.0. The molecule has 0 aliphatic carbocycles. The standard InChI is InChI=1S/C13H12F2N4O/c1-7-5-8(6-11(17-7)19-16)13(20)18-12-9(14)3-2-4-10(12)15/h2-6H,16H2,1H3,(H,17,19)(H,18,20). The molecular formula is C13H12F2N4O. The first-order chi connectivity index (χ1) is 9.51. The third kappa shape index (κ3) is 2.89. The molecule has 0 spiro atoms. The van der Waals surface area contributed by atoms with E-state index in [-0.39, 0.29) is 11.4 Å².